The number of nitrogens with one attached hydrogen (secondary N) is 2. The lowest BCUT2D eigenvalue weighted by atomic mass is 9.97. The summed E-state index contributed by atoms with van der Waals surface area (Å²) in [6.07, 6.45) is -3.45. The van der Waals surface area contributed by atoms with Crippen LogP contribution in [-0.2, 0) is 6.18 Å². The highest BCUT2D eigenvalue weighted by atomic mass is 19.4. The molecule has 0 saturated carbocycles. The van der Waals surface area contributed by atoms with Crippen LogP contribution in [0.3, 0.4) is 0 Å². The van der Waals surface area contributed by atoms with Crippen LogP contribution in [0.1, 0.15) is 34.3 Å². The minimum atomic E-state index is -4.88. The molecule has 1 unspecified atom stereocenters. The van der Waals surface area contributed by atoms with Gasteiger partial charge in [-0.05, 0) is 56.0 Å². The van der Waals surface area contributed by atoms with E-state index < -0.39 is 23.5 Å². The second kappa shape index (κ2) is 9.36. The van der Waals surface area contributed by atoms with Crippen molar-refractivity contribution in [2.24, 2.45) is 5.92 Å². The molecular weight excluding hydrogens is 414 g/mol. The lowest BCUT2D eigenvalue weighted by Gasteiger charge is -2.33. The molecule has 0 aliphatic carbocycles. The van der Waals surface area contributed by atoms with Crippen LogP contribution in [0.4, 0.5) is 28.0 Å². The number of benzene rings is 2. The number of likely N-dealkylation sites (tertiary alicyclic amines) is 1. The zero-order chi connectivity index (χ0) is 22.6. The summed E-state index contributed by atoms with van der Waals surface area (Å²) in [4.78, 5) is 26.2. The highest BCUT2D eigenvalue weighted by Gasteiger charge is 2.35. The standard InChI is InChI=1S/C22H23F4N3O2/c1-14-4-7-17(8-5-14)28-21(31)27-12-15-3-2-10-29(13-15)20(30)16-6-9-19(23)18(11-16)22(24,25)26/h4-9,11,15H,2-3,10,12-13H2,1H3,(H2,27,28,31). The van der Waals surface area contributed by atoms with Gasteiger partial charge in [0.05, 0.1) is 5.56 Å². The van der Waals surface area contributed by atoms with Gasteiger partial charge in [0.2, 0.25) is 0 Å². The van der Waals surface area contributed by atoms with Crippen molar-refractivity contribution >= 4 is 17.6 Å². The first-order chi connectivity index (χ1) is 14.6. The number of halogens is 4. The Kier molecular flexibility index (Phi) is 6.82. The van der Waals surface area contributed by atoms with Crippen molar-refractivity contribution in [1.29, 1.82) is 0 Å². The number of urea groups is 1. The van der Waals surface area contributed by atoms with Gasteiger partial charge in [0.15, 0.2) is 0 Å². The second-order valence-electron chi connectivity index (χ2n) is 7.65. The van der Waals surface area contributed by atoms with E-state index in [-0.39, 0.29) is 17.5 Å². The van der Waals surface area contributed by atoms with Crippen molar-refractivity contribution in [2.75, 3.05) is 25.0 Å². The fourth-order valence-corrected chi connectivity index (χ4v) is 3.52. The third-order valence-electron chi connectivity index (χ3n) is 5.19. The first-order valence-corrected chi connectivity index (χ1v) is 9.91. The molecule has 0 spiro atoms. The summed E-state index contributed by atoms with van der Waals surface area (Å²) < 4.78 is 52.3. The molecule has 2 aromatic carbocycles. The van der Waals surface area contributed by atoms with Crippen LogP contribution in [0.25, 0.3) is 0 Å². The average molecular weight is 437 g/mol. The Morgan fingerprint density at radius 1 is 1.13 bits per heavy atom. The van der Waals surface area contributed by atoms with Crippen LogP contribution < -0.4 is 10.6 Å². The lowest BCUT2D eigenvalue weighted by Crippen LogP contribution is -2.44. The van der Waals surface area contributed by atoms with E-state index in [0.717, 1.165) is 18.1 Å². The van der Waals surface area contributed by atoms with Crippen LogP contribution >= 0.6 is 0 Å². The second-order valence-corrected chi connectivity index (χ2v) is 7.65. The van der Waals surface area contributed by atoms with Crippen LogP contribution in [0.15, 0.2) is 42.5 Å². The molecular formula is C22H23F4N3O2. The highest BCUT2D eigenvalue weighted by molar-refractivity contribution is 5.94. The Bertz CT molecular complexity index is 945. The minimum Gasteiger partial charge on any atom is -0.338 e. The number of anilines is 1. The third-order valence-corrected chi connectivity index (χ3v) is 5.19. The maximum Gasteiger partial charge on any atom is 0.419 e. The molecule has 0 radical (unpaired) electrons. The molecule has 0 aromatic heterocycles. The van der Waals surface area contributed by atoms with Gasteiger partial charge in [0, 0.05) is 30.9 Å². The highest BCUT2D eigenvalue weighted by Crippen LogP contribution is 2.32. The summed E-state index contributed by atoms with van der Waals surface area (Å²) in [7, 11) is 0. The maximum absolute atomic E-state index is 13.5. The van der Waals surface area contributed by atoms with E-state index in [1.807, 2.05) is 19.1 Å². The third kappa shape index (κ3) is 5.96. The van der Waals surface area contributed by atoms with Gasteiger partial charge in [-0.3, -0.25) is 4.79 Å². The number of aryl methyl sites for hydroxylation is 1. The molecule has 166 valence electrons. The van der Waals surface area contributed by atoms with Gasteiger partial charge in [-0.2, -0.15) is 13.2 Å². The zero-order valence-corrected chi connectivity index (χ0v) is 16.9. The first kappa shape index (κ1) is 22.6. The summed E-state index contributed by atoms with van der Waals surface area (Å²) in [6.45, 7) is 2.94. The molecule has 1 fully saturated rings. The first-order valence-electron chi connectivity index (χ1n) is 9.91. The Labute approximate surface area is 177 Å². The van der Waals surface area contributed by atoms with Crippen molar-refractivity contribution in [3.63, 3.8) is 0 Å². The maximum atomic E-state index is 13.5. The number of hydrogen-bond donors (Lipinski definition) is 2. The number of alkyl halides is 3. The SMILES string of the molecule is Cc1ccc(NC(=O)NCC2CCCN(C(=O)c3ccc(F)c(C(F)(F)F)c3)C2)cc1. The van der Waals surface area contributed by atoms with Gasteiger partial charge in [0.1, 0.15) is 5.82 Å². The number of piperidine rings is 1. The summed E-state index contributed by atoms with van der Waals surface area (Å²) in [6, 6.07) is 9.22. The number of hydrogen-bond acceptors (Lipinski definition) is 2. The minimum absolute atomic E-state index is 0.0380. The molecule has 31 heavy (non-hydrogen) atoms. The fourth-order valence-electron chi connectivity index (χ4n) is 3.52. The fraction of sp³-hybridized carbons (Fsp3) is 0.364. The average Bonchev–Trinajstić information content (AvgIpc) is 2.73. The van der Waals surface area contributed by atoms with E-state index in [2.05, 4.69) is 10.6 Å². The Morgan fingerprint density at radius 3 is 2.52 bits per heavy atom. The molecule has 2 aromatic rings. The number of amides is 3. The largest absolute Gasteiger partial charge is 0.419 e. The zero-order valence-electron chi connectivity index (χ0n) is 16.9. The Morgan fingerprint density at radius 2 is 1.84 bits per heavy atom. The van der Waals surface area contributed by atoms with E-state index in [9.17, 15) is 27.2 Å². The molecule has 1 aliphatic heterocycles. The predicted molar refractivity (Wildman–Crippen MR) is 108 cm³/mol. The molecule has 3 rings (SSSR count). The molecule has 1 atom stereocenters. The van der Waals surface area contributed by atoms with Gasteiger partial charge >= 0.3 is 12.2 Å². The smallest absolute Gasteiger partial charge is 0.338 e. The van der Waals surface area contributed by atoms with Crippen molar-refractivity contribution < 1.29 is 27.2 Å². The summed E-state index contributed by atoms with van der Waals surface area (Å²) in [5.41, 5.74) is 0.0579. The van der Waals surface area contributed by atoms with Crippen LogP contribution in [0.5, 0.6) is 0 Å². The topological polar surface area (TPSA) is 61.4 Å². The molecule has 1 aliphatic rings. The molecule has 1 heterocycles. The quantitative estimate of drug-likeness (QED) is 0.674. The van der Waals surface area contributed by atoms with E-state index >= 15 is 0 Å². The van der Waals surface area contributed by atoms with Crippen LogP contribution in [0, 0.1) is 18.7 Å². The molecule has 0 bridgehead atoms. The summed E-state index contributed by atoms with van der Waals surface area (Å²) in [5, 5.41) is 5.49. The molecule has 9 heteroatoms. The number of carbonyl (C=O) groups is 2. The molecule has 2 N–H and O–H groups in total. The van der Waals surface area contributed by atoms with Crippen molar-refractivity contribution in [1.82, 2.24) is 10.2 Å². The summed E-state index contributed by atoms with van der Waals surface area (Å²) >= 11 is 0. The van der Waals surface area contributed by atoms with Gasteiger partial charge in [-0.25, -0.2) is 9.18 Å². The number of rotatable bonds is 4. The van der Waals surface area contributed by atoms with E-state index in [1.165, 1.54) is 4.90 Å². The summed E-state index contributed by atoms with van der Waals surface area (Å²) in [5.74, 6) is -2.03. The van der Waals surface area contributed by atoms with Crippen molar-refractivity contribution in [2.45, 2.75) is 25.9 Å². The molecule has 3 amide bonds. The predicted octanol–water partition coefficient (Wildman–Crippen LogP) is 4.83. The van der Waals surface area contributed by atoms with E-state index in [1.54, 1.807) is 12.1 Å². The molecule has 5 nitrogen and oxygen atoms in total. The van der Waals surface area contributed by atoms with Gasteiger partial charge in [0.25, 0.3) is 5.91 Å². The lowest BCUT2D eigenvalue weighted by molar-refractivity contribution is -0.140. The van der Waals surface area contributed by atoms with Gasteiger partial charge in [-0.15, -0.1) is 0 Å². The van der Waals surface area contributed by atoms with Crippen molar-refractivity contribution in [3.05, 3.63) is 65.0 Å². The van der Waals surface area contributed by atoms with E-state index in [4.69, 9.17) is 0 Å². The van der Waals surface area contributed by atoms with E-state index in [0.29, 0.717) is 43.9 Å². The molecule has 1 saturated heterocycles. The van der Waals surface area contributed by atoms with Crippen molar-refractivity contribution in [3.8, 4) is 0 Å². The Balaban J connectivity index is 1.57. The van der Waals surface area contributed by atoms with Gasteiger partial charge < -0.3 is 15.5 Å². The van der Waals surface area contributed by atoms with Crippen LogP contribution in [0.2, 0.25) is 0 Å². The normalized spacial score (nSPS) is 16.7. The monoisotopic (exact) mass is 437 g/mol. The Hall–Kier alpha value is -3.10. The number of carbonyl (C=O) groups excluding carboxylic acids is 2. The van der Waals surface area contributed by atoms with Gasteiger partial charge in [-0.1, -0.05) is 17.7 Å². The van der Waals surface area contributed by atoms with Crippen LogP contribution in [-0.4, -0.2) is 36.5 Å². The number of nitrogens with zero attached hydrogens (tertiary/aromatic N) is 1.